The fourth-order valence-corrected chi connectivity index (χ4v) is 2.74. The Balaban J connectivity index is 2.32. The molecule has 1 aliphatic rings. The van der Waals surface area contributed by atoms with E-state index < -0.39 is 0 Å². The van der Waals surface area contributed by atoms with Gasteiger partial charge in [-0.25, -0.2) is 0 Å². The molecule has 1 rings (SSSR count). The van der Waals surface area contributed by atoms with Gasteiger partial charge in [-0.1, -0.05) is 13.3 Å². The fourth-order valence-electron chi connectivity index (χ4n) is 1.76. The van der Waals surface area contributed by atoms with E-state index >= 15 is 0 Å². The van der Waals surface area contributed by atoms with Crippen molar-refractivity contribution in [3.63, 3.8) is 0 Å². The molecule has 5 heteroatoms. The first-order chi connectivity index (χ1) is 8.19. The third-order valence-corrected chi connectivity index (χ3v) is 3.93. The fraction of sp³-hybridized carbons (Fsp3) is 0.917. The van der Waals surface area contributed by atoms with Crippen molar-refractivity contribution < 1.29 is 14.6 Å². The molecule has 4 nitrogen and oxygen atoms in total. The van der Waals surface area contributed by atoms with Crippen LogP contribution in [-0.2, 0) is 9.53 Å². The van der Waals surface area contributed by atoms with Crippen LogP contribution < -0.4 is 0 Å². The van der Waals surface area contributed by atoms with E-state index in [1.54, 1.807) is 11.8 Å². The van der Waals surface area contributed by atoms with E-state index in [0.29, 0.717) is 18.9 Å². The molecule has 1 fully saturated rings. The SMILES string of the molecule is CCCCSCC(=O)N1CC(CO)OCC1C. The van der Waals surface area contributed by atoms with Crippen molar-refractivity contribution in [2.24, 2.45) is 0 Å². The molecule has 1 aliphatic heterocycles. The summed E-state index contributed by atoms with van der Waals surface area (Å²) >= 11 is 1.70. The second-order valence-electron chi connectivity index (χ2n) is 4.44. The zero-order valence-electron chi connectivity index (χ0n) is 10.7. The molecule has 0 radical (unpaired) electrons. The molecule has 2 atom stereocenters. The van der Waals surface area contributed by atoms with Crippen LogP contribution in [0.3, 0.4) is 0 Å². The third-order valence-electron chi connectivity index (χ3n) is 2.90. The largest absolute Gasteiger partial charge is 0.394 e. The van der Waals surface area contributed by atoms with Crippen LogP contribution in [0.15, 0.2) is 0 Å². The number of aliphatic hydroxyl groups is 1. The van der Waals surface area contributed by atoms with Gasteiger partial charge >= 0.3 is 0 Å². The van der Waals surface area contributed by atoms with Crippen LogP contribution in [0.2, 0.25) is 0 Å². The van der Waals surface area contributed by atoms with E-state index in [0.717, 1.165) is 12.2 Å². The molecule has 0 aromatic rings. The van der Waals surface area contributed by atoms with Crippen molar-refractivity contribution in [1.29, 1.82) is 0 Å². The van der Waals surface area contributed by atoms with Gasteiger partial charge in [0.2, 0.25) is 5.91 Å². The number of thioether (sulfide) groups is 1. The molecule has 1 amide bonds. The maximum absolute atomic E-state index is 12.0. The second-order valence-corrected chi connectivity index (χ2v) is 5.54. The summed E-state index contributed by atoms with van der Waals surface area (Å²) in [4.78, 5) is 13.8. The van der Waals surface area contributed by atoms with Crippen molar-refractivity contribution in [2.45, 2.75) is 38.8 Å². The maximum Gasteiger partial charge on any atom is 0.232 e. The number of ether oxygens (including phenoxy) is 1. The van der Waals surface area contributed by atoms with Gasteiger partial charge in [0.25, 0.3) is 0 Å². The average Bonchev–Trinajstić information content (AvgIpc) is 2.35. The minimum absolute atomic E-state index is 0.0144. The van der Waals surface area contributed by atoms with Crippen LogP contribution in [0.4, 0.5) is 0 Å². The van der Waals surface area contributed by atoms with Crippen molar-refractivity contribution in [2.75, 3.05) is 31.3 Å². The van der Waals surface area contributed by atoms with Gasteiger partial charge in [-0.3, -0.25) is 4.79 Å². The molecule has 1 N–H and O–H groups in total. The number of morpholine rings is 1. The van der Waals surface area contributed by atoms with Gasteiger partial charge in [0.05, 0.1) is 31.1 Å². The van der Waals surface area contributed by atoms with Gasteiger partial charge in [-0.15, -0.1) is 0 Å². The van der Waals surface area contributed by atoms with E-state index in [1.807, 2.05) is 11.8 Å². The van der Waals surface area contributed by atoms with Crippen molar-refractivity contribution in [3.05, 3.63) is 0 Å². The Morgan fingerprint density at radius 2 is 2.35 bits per heavy atom. The lowest BCUT2D eigenvalue weighted by Crippen LogP contribution is -2.52. The molecule has 17 heavy (non-hydrogen) atoms. The highest BCUT2D eigenvalue weighted by Crippen LogP contribution is 2.14. The molecule has 0 aliphatic carbocycles. The maximum atomic E-state index is 12.0. The van der Waals surface area contributed by atoms with E-state index in [4.69, 9.17) is 9.84 Å². The zero-order chi connectivity index (χ0) is 12.7. The first kappa shape index (κ1) is 14.8. The van der Waals surface area contributed by atoms with Crippen molar-refractivity contribution in [3.8, 4) is 0 Å². The lowest BCUT2D eigenvalue weighted by atomic mass is 10.2. The Bertz CT molecular complexity index is 238. The van der Waals surface area contributed by atoms with E-state index in [1.165, 1.54) is 6.42 Å². The lowest BCUT2D eigenvalue weighted by Gasteiger charge is -2.37. The number of aliphatic hydroxyl groups excluding tert-OH is 1. The highest BCUT2D eigenvalue weighted by molar-refractivity contribution is 7.99. The van der Waals surface area contributed by atoms with Crippen LogP contribution in [0.1, 0.15) is 26.7 Å². The quantitative estimate of drug-likeness (QED) is 0.728. The molecule has 1 heterocycles. The number of unbranched alkanes of at least 4 members (excludes halogenated alkanes) is 1. The van der Waals surface area contributed by atoms with Crippen LogP contribution in [0.5, 0.6) is 0 Å². The number of hydrogen-bond acceptors (Lipinski definition) is 4. The molecule has 0 saturated carbocycles. The molecule has 0 spiro atoms. The molecule has 2 unspecified atom stereocenters. The Morgan fingerprint density at radius 1 is 1.59 bits per heavy atom. The molecular formula is C12H23NO3S. The summed E-state index contributed by atoms with van der Waals surface area (Å²) in [6.45, 7) is 5.17. The molecule has 1 saturated heterocycles. The monoisotopic (exact) mass is 261 g/mol. The number of rotatable bonds is 6. The Hall–Kier alpha value is -0.260. The predicted octanol–water partition coefficient (Wildman–Crippen LogP) is 1.13. The van der Waals surface area contributed by atoms with Crippen LogP contribution in [0, 0.1) is 0 Å². The number of nitrogens with zero attached hydrogens (tertiary/aromatic N) is 1. The van der Waals surface area contributed by atoms with Crippen LogP contribution in [0.25, 0.3) is 0 Å². The van der Waals surface area contributed by atoms with Gasteiger partial charge in [0, 0.05) is 6.54 Å². The molecule has 0 aromatic heterocycles. The van der Waals surface area contributed by atoms with Gasteiger partial charge in [0.1, 0.15) is 0 Å². The van der Waals surface area contributed by atoms with E-state index in [2.05, 4.69) is 6.92 Å². The zero-order valence-corrected chi connectivity index (χ0v) is 11.5. The topological polar surface area (TPSA) is 49.8 Å². The minimum atomic E-state index is -0.212. The molecular weight excluding hydrogens is 238 g/mol. The molecule has 0 bridgehead atoms. The summed E-state index contributed by atoms with van der Waals surface area (Å²) in [6.07, 6.45) is 2.12. The van der Waals surface area contributed by atoms with E-state index in [-0.39, 0.29) is 24.7 Å². The smallest absolute Gasteiger partial charge is 0.232 e. The van der Waals surface area contributed by atoms with Gasteiger partial charge in [-0.2, -0.15) is 11.8 Å². The summed E-state index contributed by atoms with van der Waals surface area (Å²) in [5, 5.41) is 9.05. The van der Waals surface area contributed by atoms with Crippen molar-refractivity contribution >= 4 is 17.7 Å². The minimum Gasteiger partial charge on any atom is -0.394 e. The lowest BCUT2D eigenvalue weighted by molar-refractivity contribution is -0.143. The Morgan fingerprint density at radius 3 is 3.00 bits per heavy atom. The third kappa shape index (κ3) is 4.85. The summed E-state index contributed by atoms with van der Waals surface area (Å²) in [6, 6.07) is 0.122. The number of hydrogen-bond donors (Lipinski definition) is 1. The van der Waals surface area contributed by atoms with Crippen LogP contribution in [-0.4, -0.2) is 59.3 Å². The first-order valence-electron chi connectivity index (χ1n) is 6.28. The summed E-state index contributed by atoms with van der Waals surface area (Å²) in [5.74, 6) is 1.76. The predicted molar refractivity (Wildman–Crippen MR) is 70.2 cm³/mol. The highest BCUT2D eigenvalue weighted by Gasteiger charge is 2.28. The Kier molecular flexibility index (Phi) is 6.92. The second kappa shape index (κ2) is 7.95. The van der Waals surface area contributed by atoms with Crippen LogP contribution >= 0.6 is 11.8 Å². The summed E-state index contributed by atoms with van der Waals surface area (Å²) < 4.78 is 5.41. The summed E-state index contributed by atoms with van der Waals surface area (Å²) in [7, 11) is 0. The van der Waals surface area contributed by atoms with Gasteiger partial charge in [0.15, 0.2) is 0 Å². The average molecular weight is 261 g/mol. The molecule has 0 aromatic carbocycles. The molecule has 100 valence electrons. The normalized spacial score (nSPS) is 25.0. The van der Waals surface area contributed by atoms with Gasteiger partial charge < -0.3 is 14.7 Å². The highest BCUT2D eigenvalue weighted by atomic mass is 32.2. The Labute approximate surface area is 108 Å². The standard InChI is InChI=1S/C12H23NO3S/c1-3-4-5-17-9-12(15)13-6-11(7-14)16-8-10(13)2/h10-11,14H,3-9H2,1-2H3. The number of carbonyl (C=O) groups is 1. The van der Waals surface area contributed by atoms with Crippen molar-refractivity contribution in [1.82, 2.24) is 4.90 Å². The number of carbonyl (C=O) groups excluding carboxylic acids is 1. The summed E-state index contributed by atoms with van der Waals surface area (Å²) in [5.41, 5.74) is 0. The first-order valence-corrected chi connectivity index (χ1v) is 7.44. The van der Waals surface area contributed by atoms with Gasteiger partial charge in [-0.05, 0) is 19.1 Å². The van der Waals surface area contributed by atoms with E-state index in [9.17, 15) is 4.79 Å². The number of amides is 1.